The molecule has 2 heteroatoms. The Morgan fingerprint density at radius 1 is 1.22 bits per heavy atom. The molecule has 1 aromatic heterocycles. The summed E-state index contributed by atoms with van der Waals surface area (Å²) < 4.78 is 0. The van der Waals surface area contributed by atoms with Gasteiger partial charge in [-0.05, 0) is 36.9 Å². The third-order valence-electron chi connectivity index (χ3n) is 3.62. The number of hydrogen-bond acceptors (Lipinski definition) is 2. The van der Waals surface area contributed by atoms with Crippen LogP contribution in [0.3, 0.4) is 0 Å². The molecule has 1 N–H and O–H groups in total. The Morgan fingerprint density at radius 2 is 2.00 bits per heavy atom. The zero-order chi connectivity index (χ0) is 13.4. The van der Waals surface area contributed by atoms with Crippen molar-refractivity contribution in [2.45, 2.75) is 59.4 Å². The molecule has 0 radical (unpaired) electrons. The van der Waals surface area contributed by atoms with Gasteiger partial charge in [-0.3, -0.25) is 4.98 Å². The second-order valence-electron chi connectivity index (χ2n) is 5.15. The van der Waals surface area contributed by atoms with Gasteiger partial charge < -0.3 is 5.32 Å². The Morgan fingerprint density at radius 3 is 2.50 bits per heavy atom. The molecule has 0 amide bonds. The number of nitrogens with zero attached hydrogens (tertiary/aromatic N) is 1. The van der Waals surface area contributed by atoms with Crippen molar-refractivity contribution in [1.82, 2.24) is 10.3 Å². The molecule has 1 rings (SSSR count). The SMILES string of the molecule is CCCC(C)C(Cc1ccc(CC)cn1)NCC. The Hall–Kier alpha value is -0.890. The fourth-order valence-corrected chi connectivity index (χ4v) is 2.40. The molecule has 0 spiro atoms. The summed E-state index contributed by atoms with van der Waals surface area (Å²) in [6, 6.07) is 4.94. The van der Waals surface area contributed by atoms with Crippen molar-refractivity contribution in [1.29, 1.82) is 0 Å². The second-order valence-corrected chi connectivity index (χ2v) is 5.15. The van der Waals surface area contributed by atoms with Crippen molar-refractivity contribution in [3.05, 3.63) is 29.6 Å². The number of aryl methyl sites for hydroxylation is 1. The van der Waals surface area contributed by atoms with Crippen molar-refractivity contribution in [2.75, 3.05) is 6.54 Å². The summed E-state index contributed by atoms with van der Waals surface area (Å²) >= 11 is 0. The lowest BCUT2D eigenvalue weighted by Gasteiger charge is -2.24. The maximum atomic E-state index is 4.57. The zero-order valence-electron chi connectivity index (χ0n) is 12.4. The summed E-state index contributed by atoms with van der Waals surface area (Å²) in [4.78, 5) is 4.57. The van der Waals surface area contributed by atoms with Gasteiger partial charge in [0.15, 0.2) is 0 Å². The minimum atomic E-state index is 0.551. The molecule has 0 saturated heterocycles. The monoisotopic (exact) mass is 248 g/mol. The molecule has 1 aromatic rings. The molecule has 2 nitrogen and oxygen atoms in total. The number of nitrogens with one attached hydrogen (secondary N) is 1. The van der Waals surface area contributed by atoms with E-state index < -0.39 is 0 Å². The Kier molecular flexibility index (Phi) is 6.96. The first-order valence-electron chi connectivity index (χ1n) is 7.38. The van der Waals surface area contributed by atoms with Crippen LogP contribution in [0.1, 0.15) is 51.8 Å². The van der Waals surface area contributed by atoms with Gasteiger partial charge in [0.25, 0.3) is 0 Å². The number of aromatic nitrogens is 1. The van der Waals surface area contributed by atoms with Crippen LogP contribution in [0.2, 0.25) is 0 Å². The van der Waals surface area contributed by atoms with E-state index in [0.717, 1.165) is 19.4 Å². The first-order valence-corrected chi connectivity index (χ1v) is 7.38. The van der Waals surface area contributed by atoms with E-state index in [1.54, 1.807) is 0 Å². The van der Waals surface area contributed by atoms with Crippen molar-refractivity contribution < 1.29 is 0 Å². The van der Waals surface area contributed by atoms with Crippen LogP contribution >= 0.6 is 0 Å². The molecular formula is C16H28N2. The zero-order valence-corrected chi connectivity index (χ0v) is 12.4. The van der Waals surface area contributed by atoms with Gasteiger partial charge >= 0.3 is 0 Å². The van der Waals surface area contributed by atoms with E-state index in [4.69, 9.17) is 0 Å². The Labute approximate surface area is 112 Å². The van der Waals surface area contributed by atoms with E-state index in [9.17, 15) is 0 Å². The number of rotatable bonds is 8. The summed E-state index contributed by atoms with van der Waals surface area (Å²) in [5.41, 5.74) is 2.53. The largest absolute Gasteiger partial charge is 0.314 e. The van der Waals surface area contributed by atoms with Gasteiger partial charge in [0.2, 0.25) is 0 Å². The molecule has 18 heavy (non-hydrogen) atoms. The molecule has 1 heterocycles. The quantitative estimate of drug-likeness (QED) is 0.760. The summed E-state index contributed by atoms with van der Waals surface area (Å²) in [6.45, 7) is 9.98. The van der Waals surface area contributed by atoms with E-state index in [1.165, 1.54) is 24.1 Å². The third-order valence-corrected chi connectivity index (χ3v) is 3.62. The maximum absolute atomic E-state index is 4.57. The first-order chi connectivity index (χ1) is 8.71. The molecule has 0 aliphatic heterocycles. The van der Waals surface area contributed by atoms with Gasteiger partial charge in [-0.25, -0.2) is 0 Å². The Balaban J connectivity index is 2.63. The summed E-state index contributed by atoms with van der Waals surface area (Å²) in [6.07, 6.45) is 6.66. The predicted molar refractivity (Wildman–Crippen MR) is 78.9 cm³/mol. The molecule has 2 unspecified atom stereocenters. The molecule has 0 saturated carbocycles. The highest BCUT2D eigenvalue weighted by molar-refractivity contribution is 5.14. The van der Waals surface area contributed by atoms with E-state index in [0.29, 0.717) is 12.0 Å². The highest BCUT2D eigenvalue weighted by Crippen LogP contribution is 2.15. The first kappa shape index (κ1) is 15.2. The van der Waals surface area contributed by atoms with Gasteiger partial charge in [-0.1, -0.05) is 40.2 Å². The maximum Gasteiger partial charge on any atom is 0.0419 e. The smallest absolute Gasteiger partial charge is 0.0419 e. The molecule has 0 aliphatic carbocycles. The second kappa shape index (κ2) is 8.25. The minimum absolute atomic E-state index is 0.551. The number of likely N-dealkylation sites (N-methyl/N-ethyl adjacent to an activating group) is 1. The molecule has 2 atom stereocenters. The van der Waals surface area contributed by atoms with Crippen molar-refractivity contribution in [3.8, 4) is 0 Å². The van der Waals surface area contributed by atoms with Gasteiger partial charge in [0, 0.05) is 24.4 Å². The van der Waals surface area contributed by atoms with Crippen LogP contribution in [0.15, 0.2) is 18.3 Å². The average Bonchev–Trinajstić information content (AvgIpc) is 2.39. The van der Waals surface area contributed by atoms with E-state index in [1.807, 2.05) is 6.20 Å². The van der Waals surface area contributed by atoms with Crippen LogP contribution in [-0.2, 0) is 12.8 Å². The predicted octanol–water partition coefficient (Wildman–Crippen LogP) is 3.60. The van der Waals surface area contributed by atoms with Crippen molar-refractivity contribution >= 4 is 0 Å². The lowest BCUT2D eigenvalue weighted by Crippen LogP contribution is -2.37. The lowest BCUT2D eigenvalue weighted by atomic mass is 9.93. The Bertz CT molecular complexity index is 318. The third kappa shape index (κ3) is 4.77. The van der Waals surface area contributed by atoms with Gasteiger partial charge in [0.1, 0.15) is 0 Å². The summed E-state index contributed by atoms with van der Waals surface area (Å²) in [5.74, 6) is 0.711. The normalized spacial score (nSPS) is 14.4. The fraction of sp³-hybridized carbons (Fsp3) is 0.688. The molecule has 0 fully saturated rings. The molecule has 0 aromatic carbocycles. The van der Waals surface area contributed by atoms with Crippen molar-refractivity contribution in [3.63, 3.8) is 0 Å². The summed E-state index contributed by atoms with van der Waals surface area (Å²) in [5, 5.41) is 3.60. The highest BCUT2D eigenvalue weighted by atomic mass is 14.9. The summed E-state index contributed by atoms with van der Waals surface area (Å²) in [7, 11) is 0. The lowest BCUT2D eigenvalue weighted by molar-refractivity contribution is 0.355. The van der Waals surface area contributed by atoms with E-state index >= 15 is 0 Å². The minimum Gasteiger partial charge on any atom is -0.314 e. The highest BCUT2D eigenvalue weighted by Gasteiger charge is 2.16. The molecule has 102 valence electrons. The van der Waals surface area contributed by atoms with Gasteiger partial charge in [-0.15, -0.1) is 0 Å². The number of hydrogen-bond donors (Lipinski definition) is 1. The van der Waals surface area contributed by atoms with Crippen LogP contribution in [-0.4, -0.2) is 17.6 Å². The van der Waals surface area contributed by atoms with Crippen molar-refractivity contribution in [2.24, 2.45) is 5.92 Å². The van der Waals surface area contributed by atoms with Crippen LogP contribution in [0.4, 0.5) is 0 Å². The standard InChI is InChI=1S/C16H28N2/c1-5-8-13(4)16(17-7-3)11-15-10-9-14(6-2)12-18-15/h9-10,12-13,16-17H,5-8,11H2,1-4H3. The van der Waals surface area contributed by atoms with Gasteiger partial charge in [-0.2, -0.15) is 0 Å². The van der Waals surface area contributed by atoms with Crippen LogP contribution in [0.25, 0.3) is 0 Å². The average molecular weight is 248 g/mol. The van der Waals surface area contributed by atoms with E-state index in [-0.39, 0.29) is 0 Å². The number of pyridine rings is 1. The van der Waals surface area contributed by atoms with Crippen LogP contribution < -0.4 is 5.32 Å². The fourth-order valence-electron chi connectivity index (χ4n) is 2.40. The molecular weight excluding hydrogens is 220 g/mol. The van der Waals surface area contributed by atoms with Crippen LogP contribution in [0.5, 0.6) is 0 Å². The van der Waals surface area contributed by atoms with Gasteiger partial charge in [0.05, 0.1) is 0 Å². The van der Waals surface area contributed by atoms with Crippen LogP contribution in [0, 0.1) is 5.92 Å². The van der Waals surface area contributed by atoms with E-state index in [2.05, 4.69) is 50.1 Å². The topological polar surface area (TPSA) is 24.9 Å². The molecule has 0 bridgehead atoms. The molecule has 0 aliphatic rings.